The summed E-state index contributed by atoms with van der Waals surface area (Å²) in [6, 6.07) is 3.82. The maximum absolute atomic E-state index is 13.4. The van der Waals surface area contributed by atoms with Crippen LogP contribution >= 0.6 is 23.1 Å². The molecule has 0 unspecified atom stereocenters. The standard InChI is InChI=1S/C22H26N4O3S2/c27-17(25-10-3-1-2-4-11-25)14-30-22-24-18-16-8-5-9-23-20(16)31-19(18)21(28)26(22)13-15-7-6-12-29-15/h5,8-9,15H,1-4,6-7,10-14H2/t15-/m0/s1. The Morgan fingerprint density at radius 1 is 1.23 bits per heavy atom. The van der Waals surface area contributed by atoms with Gasteiger partial charge in [-0.15, -0.1) is 11.3 Å². The second kappa shape index (κ2) is 9.26. The van der Waals surface area contributed by atoms with Crippen LogP contribution in [0.1, 0.15) is 38.5 Å². The van der Waals surface area contributed by atoms with E-state index in [0.717, 1.165) is 55.6 Å². The fourth-order valence-corrected chi connectivity index (χ4v) is 6.28. The predicted molar refractivity (Wildman–Crippen MR) is 124 cm³/mol. The molecule has 3 aromatic rings. The molecule has 0 bridgehead atoms. The van der Waals surface area contributed by atoms with Crippen LogP contribution in [0.2, 0.25) is 0 Å². The van der Waals surface area contributed by atoms with Crippen molar-refractivity contribution < 1.29 is 9.53 Å². The lowest BCUT2D eigenvalue weighted by atomic mass is 10.2. The Hall–Kier alpha value is -1.97. The molecular weight excluding hydrogens is 432 g/mol. The van der Waals surface area contributed by atoms with Crippen molar-refractivity contribution in [3.8, 4) is 0 Å². The molecule has 9 heteroatoms. The molecule has 7 nitrogen and oxygen atoms in total. The molecule has 2 saturated heterocycles. The highest BCUT2D eigenvalue weighted by molar-refractivity contribution is 7.99. The smallest absolute Gasteiger partial charge is 0.272 e. The van der Waals surface area contributed by atoms with Crippen LogP contribution < -0.4 is 5.56 Å². The van der Waals surface area contributed by atoms with Gasteiger partial charge in [-0.1, -0.05) is 24.6 Å². The molecule has 0 aromatic carbocycles. The highest BCUT2D eigenvalue weighted by Crippen LogP contribution is 2.31. The number of aromatic nitrogens is 3. The molecule has 0 aliphatic carbocycles. The minimum atomic E-state index is -0.0618. The number of pyridine rings is 1. The summed E-state index contributed by atoms with van der Waals surface area (Å²) in [6.45, 7) is 2.87. The number of thiophene rings is 1. The van der Waals surface area contributed by atoms with Crippen LogP contribution in [0, 0.1) is 0 Å². The molecule has 1 atom stereocenters. The highest BCUT2D eigenvalue weighted by Gasteiger charge is 2.23. The molecule has 0 radical (unpaired) electrons. The first-order valence-electron chi connectivity index (χ1n) is 11.0. The molecule has 2 aliphatic heterocycles. The van der Waals surface area contributed by atoms with Crippen LogP contribution in [0.15, 0.2) is 28.3 Å². The number of rotatable bonds is 5. The summed E-state index contributed by atoms with van der Waals surface area (Å²) < 4.78 is 8.13. The molecule has 0 saturated carbocycles. The lowest BCUT2D eigenvalue weighted by Crippen LogP contribution is -2.34. The van der Waals surface area contributed by atoms with Gasteiger partial charge >= 0.3 is 0 Å². The third-order valence-electron chi connectivity index (χ3n) is 6.01. The third kappa shape index (κ3) is 4.36. The van der Waals surface area contributed by atoms with Crippen LogP contribution in [-0.4, -0.2) is 56.9 Å². The number of ether oxygens (including phenoxy) is 1. The Balaban J connectivity index is 1.48. The van der Waals surface area contributed by atoms with Gasteiger partial charge in [-0.2, -0.15) is 0 Å². The topological polar surface area (TPSA) is 77.3 Å². The highest BCUT2D eigenvalue weighted by atomic mass is 32.2. The zero-order valence-electron chi connectivity index (χ0n) is 17.4. The average molecular weight is 459 g/mol. The Morgan fingerprint density at radius 2 is 2.06 bits per heavy atom. The average Bonchev–Trinajstić information content (AvgIpc) is 3.34. The van der Waals surface area contributed by atoms with Crippen LogP contribution in [0.25, 0.3) is 20.4 Å². The first kappa shape index (κ1) is 20.9. The van der Waals surface area contributed by atoms with Crippen molar-refractivity contribution in [2.75, 3.05) is 25.4 Å². The Labute approximate surface area is 188 Å². The van der Waals surface area contributed by atoms with Crippen molar-refractivity contribution in [1.29, 1.82) is 0 Å². The summed E-state index contributed by atoms with van der Waals surface area (Å²) in [7, 11) is 0. The van der Waals surface area contributed by atoms with Crippen molar-refractivity contribution in [2.45, 2.75) is 56.3 Å². The Bertz CT molecular complexity index is 1140. The largest absolute Gasteiger partial charge is 0.376 e. The fourth-order valence-electron chi connectivity index (χ4n) is 4.34. The molecule has 164 valence electrons. The maximum atomic E-state index is 13.4. The van der Waals surface area contributed by atoms with E-state index in [4.69, 9.17) is 9.72 Å². The van der Waals surface area contributed by atoms with E-state index >= 15 is 0 Å². The van der Waals surface area contributed by atoms with E-state index in [9.17, 15) is 9.59 Å². The minimum absolute atomic E-state index is 0.0186. The summed E-state index contributed by atoms with van der Waals surface area (Å²) in [5.74, 6) is 0.422. The number of nitrogens with zero attached hydrogens (tertiary/aromatic N) is 4. The van der Waals surface area contributed by atoms with Gasteiger partial charge in [0.05, 0.1) is 23.9 Å². The van der Waals surface area contributed by atoms with Gasteiger partial charge < -0.3 is 9.64 Å². The first-order valence-corrected chi connectivity index (χ1v) is 12.8. The van der Waals surface area contributed by atoms with Crippen molar-refractivity contribution in [2.24, 2.45) is 0 Å². The number of hydrogen-bond acceptors (Lipinski definition) is 7. The van der Waals surface area contributed by atoms with E-state index in [1.54, 1.807) is 10.8 Å². The molecule has 1 amide bonds. The van der Waals surface area contributed by atoms with Gasteiger partial charge in [0.1, 0.15) is 9.53 Å². The third-order valence-corrected chi connectivity index (χ3v) is 8.06. The second-order valence-electron chi connectivity index (χ2n) is 8.16. The van der Waals surface area contributed by atoms with E-state index in [1.165, 1.54) is 35.9 Å². The lowest BCUT2D eigenvalue weighted by Gasteiger charge is -2.20. The lowest BCUT2D eigenvalue weighted by molar-refractivity contribution is -0.128. The van der Waals surface area contributed by atoms with Crippen LogP contribution in [0.4, 0.5) is 0 Å². The van der Waals surface area contributed by atoms with Crippen molar-refractivity contribution in [3.05, 3.63) is 28.7 Å². The summed E-state index contributed by atoms with van der Waals surface area (Å²) in [4.78, 5) is 38.3. The molecule has 2 aliphatic rings. The van der Waals surface area contributed by atoms with Gasteiger partial charge in [-0.25, -0.2) is 9.97 Å². The molecule has 5 heterocycles. The number of carbonyl (C=O) groups excluding carboxylic acids is 1. The molecule has 5 rings (SSSR count). The van der Waals surface area contributed by atoms with E-state index in [1.807, 2.05) is 17.0 Å². The first-order chi connectivity index (χ1) is 15.2. The fraction of sp³-hybridized carbons (Fsp3) is 0.545. The van der Waals surface area contributed by atoms with Gasteiger partial charge in [0, 0.05) is 31.3 Å². The number of likely N-dealkylation sites (tertiary alicyclic amines) is 1. The molecule has 0 spiro atoms. The molecule has 31 heavy (non-hydrogen) atoms. The second-order valence-corrected chi connectivity index (χ2v) is 10.1. The van der Waals surface area contributed by atoms with Gasteiger partial charge in [-0.3, -0.25) is 14.2 Å². The maximum Gasteiger partial charge on any atom is 0.272 e. The van der Waals surface area contributed by atoms with Gasteiger partial charge in [-0.05, 0) is 37.8 Å². The molecule has 0 N–H and O–H groups in total. The minimum Gasteiger partial charge on any atom is -0.376 e. The Kier molecular flexibility index (Phi) is 6.24. The SMILES string of the molecule is O=C(CSc1nc2c(sc3ncccc32)c(=O)n1C[C@@H]1CCCO1)N1CCCCCC1. The molecular formula is C22H26N4O3S2. The number of carbonyl (C=O) groups is 1. The molecule has 2 fully saturated rings. The van der Waals surface area contributed by atoms with Gasteiger partial charge in [0.15, 0.2) is 5.16 Å². The zero-order chi connectivity index (χ0) is 21.2. The van der Waals surface area contributed by atoms with Crippen molar-refractivity contribution in [1.82, 2.24) is 19.4 Å². The quantitative estimate of drug-likeness (QED) is 0.429. The number of amides is 1. The summed E-state index contributed by atoms with van der Waals surface area (Å²) >= 11 is 2.76. The normalized spacial score (nSPS) is 19.9. The summed E-state index contributed by atoms with van der Waals surface area (Å²) in [6.07, 6.45) is 8.22. The summed E-state index contributed by atoms with van der Waals surface area (Å²) in [5.41, 5.74) is 0.625. The van der Waals surface area contributed by atoms with Crippen molar-refractivity contribution in [3.63, 3.8) is 0 Å². The Morgan fingerprint density at radius 3 is 2.84 bits per heavy atom. The van der Waals surface area contributed by atoms with E-state index in [-0.39, 0.29) is 17.6 Å². The van der Waals surface area contributed by atoms with E-state index < -0.39 is 0 Å². The molecule has 3 aromatic heterocycles. The van der Waals surface area contributed by atoms with Gasteiger partial charge in [0.25, 0.3) is 5.56 Å². The van der Waals surface area contributed by atoms with Crippen LogP contribution in [-0.2, 0) is 16.1 Å². The van der Waals surface area contributed by atoms with Crippen LogP contribution in [0.5, 0.6) is 0 Å². The van der Waals surface area contributed by atoms with E-state index in [0.29, 0.717) is 27.7 Å². The van der Waals surface area contributed by atoms with Crippen molar-refractivity contribution >= 4 is 49.4 Å². The van der Waals surface area contributed by atoms with Gasteiger partial charge in [0.2, 0.25) is 5.91 Å². The number of hydrogen-bond donors (Lipinski definition) is 0. The zero-order valence-corrected chi connectivity index (χ0v) is 19.1. The number of fused-ring (bicyclic) bond motifs is 3. The monoisotopic (exact) mass is 458 g/mol. The predicted octanol–water partition coefficient (Wildman–Crippen LogP) is 3.68. The van der Waals surface area contributed by atoms with E-state index in [2.05, 4.69) is 4.98 Å². The summed E-state index contributed by atoms with van der Waals surface area (Å²) in [5, 5.41) is 1.49. The number of thioether (sulfide) groups is 1. The van der Waals surface area contributed by atoms with Crippen LogP contribution in [0.3, 0.4) is 0 Å².